The molecule has 0 aliphatic rings. The first-order chi connectivity index (χ1) is 7.54. The lowest BCUT2D eigenvalue weighted by Crippen LogP contribution is -2.28. The first-order valence-corrected chi connectivity index (χ1v) is 5.85. The van der Waals surface area contributed by atoms with Crippen molar-refractivity contribution >= 4 is 11.9 Å². The lowest BCUT2D eigenvalue weighted by Gasteiger charge is -2.18. The zero-order valence-corrected chi connectivity index (χ0v) is 10.4. The van der Waals surface area contributed by atoms with Crippen LogP contribution in [0.25, 0.3) is 0 Å². The Morgan fingerprint density at radius 1 is 1.25 bits per heavy atom. The summed E-state index contributed by atoms with van der Waals surface area (Å²) in [6.45, 7) is 3.67. The van der Waals surface area contributed by atoms with Crippen LogP contribution in [0.3, 0.4) is 0 Å². The van der Waals surface area contributed by atoms with Gasteiger partial charge >= 0.3 is 11.9 Å². The number of unbranched alkanes of at least 4 members (excludes halogenated alkanes) is 3. The normalized spacial score (nSPS) is 14.2. The molecule has 94 valence electrons. The largest absolute Gasteiger partial charge is 0.481 e. The minimum atomic E-state index is -0.939. The SMILES string of the molecule is CCCCCCC(C(=O)OC)C(C)C(=O)O. The van der Waals surface area contributed by atoms with E-state index in [2.05, 4.69) is 11.7 Å². The summed E-state index contributed by atoms with van der Waals surface area (Å²) in [4.78, 5) is 22.3. The van der Waals surface area contributed by atoms with Crippen LogP contribution in [0.2, 0.25) is 0 Å². The highest BCUT2D eigenvalue weighted by Gasteiger charge is 2.30. The number of esters is 1. The molecule has 0 amide bonds. The van der Waals surface area contributed by atoms with E-state index in [4.69, 9.17) is 5.11 Å². The molecule has 0 spiro atoms. The van der Waals surface area contributed by atoms with Crippen molar-refractivity contribution in [3.63, 3.8) is 0 Å². The number of hydrogen-bond acceptors (Lipinski definition) is 3. The molecular weight excluding hydrogens is 208 g/mol. The minimum absolute atomic E-state index is 0.411. The van der Waals surface area contributed by atoms with Gasteiger partial charge in [-0.1, -0.05) is 39.5 Å². The lowest BCUT2D eigenvalue weighted by molar-refractivity contribution is -0.155. The van der Waals surface area contributed by atoms with Crippen LogP contribution >= 0.6 is 0 Å². The second-order valence-corrected chi connectivity index (χ2v) is 4.11. The third kappa shape index (κ3) is 5.14. The van der Waals surface area contributed by atoms with Crippen LogP contribution in [-0.2, 0) is 14.3 Å². The third-order valence-corrected chi connectivity index (χ3v) is 2.87. The average Bonchev–Trinajstić information content (AvgIpc) is 2.27. The topological polar surface area (TPSA) is 63.6 Å². The fourth-order valence-electron chi connectivity index (χ4n) is 1.69. The van der Waals surface area contributed by atoms with Gasteiger partial charge in [0.1, 0.15) is 0 Å². The maximum Gasteiger partial charge on any atom is 0.309 e. The Hall–Kier alpha value is -1.06. The van der Waals surface area contributed by atoms with Crippen LogP contribution in [0.4, 0.5) is 0 Å². The smallest absolute Gasteiger partial charge is 0.309 e. The van der Waals surface area contributed by atoms with Gasteiger partial charge in [0, 0.05) is 0 Å². The third-order valence-electron chi connectivity index (χ3n) is 2.87. The van der Waals surface area contributed by atoms with Crippen molar-refractivity contribution in [2.45, 2.75) is 46.0 Å². The number of methoxy groups -OCH3 is 1. The Bertz CT molecular complexity index is 225. The van der Waals surface area contributed by atoms with Crippen molar-refractivity contribution in [1.29, 1.82) is 0 Å². The number of aliphatic carboxylic acids is 1. The molecule has 4 heteroatoms. The Morgan fingerprint density at radius 3 is 2.31 bits per heavy atom. The highest BCUT2D eigenvalue weighted by Crippen LogP contribution is 2.21. The van der Waals surface area contributed by atoms with Gasteiger partial charge in [-0.2, -0.15) is 0 Å². The van der Waals surface area contributed by atoms with Gasteiger partial charge in [-0.3, -0.25) is 9.59 Å². The number of carboxylic acid groups (broad SMARTS) is 1. The maximum atomic E-state index is 11.4. The van der Waals surface area contributed by atoms with E-state index >= 15 is 0 Å². The van der Waals surface area contributed by atoms with Crippen molar-refractivity contribution in [3.8, 4) is 0 Å². The average molecular weight is 230 g/mol. The van der Waals surface area contributed by atoms with Crippen molar-refractivity contribution < 1.29 is 19.4 Å². The molecule has 0 aromatic rings. The van der Waals surface area contributed by atoms with Gasteiger partial charge in [0.2, 0.25) is 0 Å². The molecular formula is C12H22O4. The number of carboxylic acids is 1. The van der Waals surface area contributed by atoms with E-state index in [-0.39, 0.29) is 0 Å². The van der Waals surface area contributed by atoms with Gasteiger partial charge in [0.05, 0.1) is 18.9 Å². The van der Waals surface area contributed by atoms with Gasteiger partial charge in [-0.15, -0.1) is 0 Å². The molecule has 0 bridgehead atoms. The molecule has 0 aliphatic heterocycles. The van der Waals surface area contributed by atoms with E-state index < -0.39 is 23.8 Å². The summed E-state index contributed by atoms with van der Waals surface area (Å²) in [6, 6.07) is 0. The molecule has 0 saturated carbocycles. The van der Waals surface area contributed by atoms with E-state index in [1.54, 1.807) is 6.92 Å². The van der Waals surface area contributed by atoms with E-state index in [9.17, 15) is 9.59 Å². The van der Waals surface area contributed by atoms with Crippen LogP contribution < -0.4 is 0 Å². The Morgan fingerprint density at radius 2 is 1.88 bits per heavy atom. The highest BCUT2D eigenvalue weighted by molar-refractivity contribution is 5.80. The molecule has 0 aliphatic carbocycles. The summed E-state index contributed by atoms with van der Waals surface area (Å²) in [5.74, 6) is -2.54. The zero-order valence-electron chi connectivity index (χ0n) is 10.4. The molecule has 0 rings (SSSR count). The van der Waals surface area contributed by atoms with Crippen LogP contribution in [0.15, 0.2) is 0 Å². The standard InChI is InChI=1S/C12H22O4/c1-4-5-6-7-8-10(12(15)16-3)9(2)11(13)14/h9-10H,4-8H2,1-3H3,(H,13,14). The van der Waals surface area contributed by atoms with Crippen molar-refractivity contribution in [2.24, 2.45) is 11.8 Å². The maximum absolute atomic E-state index is 11.4. The fourth-order valence-corrected chi connectivity index (χ4v) is 1.69. The van der Waals surface area contributed by atoms with Gasteiger partial charge in [0.15, 0.2) is 0 Å². The summed E-state index contributed by atoms with van der Waals surface area (Å²) in [5, 5.41) is 8.89. The fraction of sp³-hybridized carbons (Fsp3) is 0.833. The first kappa shape index (κ1) is 14.9. The minimum Gasteiger partial charge on any atom is -0.481 e. The number of hydrogen-bond donors (Lipinski definition) is 1. The monoisotopic (exact) mass is 230 g/mol. The van der Waals surface area contributed by atoms with Crippen LogP contribution in [0, 0.1) is 11.8 Å². The van der Waals surface area contributed by atoms with Crippen LogP contribution in [0.5, 0.6) is 0 Å². The summed E-state index contributed by atoms with van der Waals surface area (Å²) >= 11 is 0. The molecule has 4 nitrogen and oxygen atoms in total. The molecule has 2 atom stereocenters. The summed E-state index contributed by atoms with van der Waals surface area (Å²) in [5.41, 5.74) is 0. The summed E-state index contributed by atoms with van der Waals surface area (Å²) < 4.78 is 4.64. The van der Waals surface area contributed by atoms with Crippen LogP contribution in [-0.4, -0.2) is 24.2 Å². The van der Waals surface area contributed by atoms with E-state index in [0.717, 1.165) is 25.7 Å². The van der Waals surface area contributed by atoms with Crippen LogP contribution in [0.1, 0.15) is 46.0 Å². The lowest BCUT2D eigenvalue weighted by atomic mass is 9.89. The number of rotatable bonds is 8. The quantitative estimate of drug-likeness (QED) is 0.514. The Labute approximate surface area is 97.0 Å². The number of carbonyl (C=O) groups is 2. The van der Waals surface area contributed by atoms with Crippen molar-refractivity contribution in [2.75, 3.05) is 7.11 Å². The van der Waals surface area contributed by atoms with E-state index in [1.807, 2.05) is 0 Å². The van der Waals surface area contributed by atoms with Gasteiger partial charge in [-0.05, 0) is 6.42 Å². The van der Waals surface area contributed by atoms with Crippen molar-refractivity contribution in [1.82, 2.24) is 0 Å². The molecule has 0 saturated heterocycles. The van der Waals surface area contributed by atoms with E-state index in [0.29, 0.717) is 6.42 Å². The van der Waals surface area contributed by atoms with E-state index in [1.165, 1.54) is 7.11 Å². The predicted octanol–water partition coefficient (Wildman–Crippen LogP) is 2.47. The summed E-state index contributed by atoms with van der Waals surface area (Å²) in [7, 11) is 1.30. The zero-order chi connectivity index (χ0) is 12.6. The molecule has 1 N–H and O–H groups in total. The number of carbonyl (C=O) groups excluding carboxylic acids is 1. The molecule has 2 unspecified atom stereocenters. The van der Waals surface area contributed by atoms with Gasteiger partial charge in [-0.25, -0.2) is 0 Å². The molecule has 0 radical (unpaired) electrons. The first-order valence-electron chi connectivity index (χ1n) is 5.85. The Balaban J connectivity index is 4.21. The number of ether oxygens (including phenoxy) is 1. The van der Waals surface area contributed by atoms with Gasteiger partial charge in [0.25, 0.3) is 0 Å². The molecule has 0 fully saturated rings. The molecule has 16 heavy (non-hydrogen) atoms. The second-order valence-electron chi connectivity index (χ2n) is 4.11. The van der Waals surface area contributed by atoms with Gasteiger partial charge < -0.3 is 9.84 Å². The predicted molar refractivity (Wildman–Crippen MR) is 61.1 cm³/mol. The van der Waals surface area contributed by atoms with Crippen molar-refractivity contribution in [3.05, 3.63) is 0 Å². The molecule has 0 aromatic carbocycles. The second kappa shape index (κ2) is 8.13. The highest BCUT2D eigenvalue weighted by atomic mass is 16.5. The molecule has 0 heterocycles. The summed E-state index contributed by atoms with van der Waals surface area (Å²) in [6.07, 6.45) is 4.76. The Kier molecular flexibility index (Phi) is 7.60. The molecule has 0 aromatic heterocycles.